The molecule has 4 rings (SSSR count). The van der Waals surface area contributed by atoms with Gasteiger partial charge in [-0.1, -0.05) is 60.7 Å². The highest BCUT2D eigenvalue weighted by atomic mass is 16.5. The van der Waals surface area contributed by atoms with Crippen LogP contribution in [-0.4, -0.2) is 27.5 Å². The number of aromatic nitrogens is 2. The van der Waals surface area contributed by atoms with Gasteiger partial charge in [0, 0.05) is 17.5 Å². The minimum Gasteiger partial charge on any atom is -0.493 e. The Morgan fingerprint density at radius 2 is 1.57 bits per heavy atom. The van der Waals surface area contributed by atoms with Crippen LogP contribution in [0.4, 0.5) is 0 Å². The van der Waals surface area contributed by atoms with E-state index >= 15 is 0 Å². The van der Waals surface area contributed by atoms with Crippen LogP contribution in [0.25, 0.3) is 28.2 Å². The van der Waals surface area contributed by atoms with Crippen molar-refractivity contribution >= 4 is 5.97 Å². The van der Waals surface area contributed by atoms with E-state index in [-0.39, 0.29) is 6.42 Å². The molecule has 0 fully saturated rings. The number of benzene rings is 3. The van der Waals surface area contributed by atoms with Crippen LogP contribution in [0.5, 0.6) is 5.75 Å². The van der Waals surface area contributed by atoms with E-state index in [1.807, 2.05) is 77.5 Å². The molecule has 150 valence electrons. The molecular weight excluding hydrogens is 376 g/mol. The number of hydrogen-bond donors (Lipinski definition) is 1. The Balaban J connectivity index is 1.72. The molecule has 0 saturated carbocycles. The molecule has 0 atom stereocenters. The Hall–Kier alpha value is -3.86. The van der Waals surface area contributed by atoms with E-state index in [2.05, 4.69) is 18.2 Å². The first-order valence-corrected chi connectivity index (χ1v) is 9.87. The lowest BCUT2D eigenvalue weighted by Gasteiger charge is -2.09. The summed E-state index contributed by atoms with van der Waals surface area (Å²) in [6.45, 7) is 0.342. The number of hydrogen-bond acceptors (Lipinski definition) is 3. The number of para-hydroxylation sites is 2. The summed E-state index contributed by atoms with van der Waals surface area (Å²) in [4.78, 5) is 10.7. The lowest BCUT2D eigenvalue weighted by Crippen LogP contribution is -2.03. The normalized spacial score (nSPS) is 10.7. The Bertz CT molecular complexity index is 1060. The molecule has 30 heavy (non-hydrogen) atoms. The van der Waals surface area contributed by atoms with Gasteiger partial charge in [-0.25, -0.2) is 4.68 Å². The Morgan fingerprint density at radius 1 is 0.900 bits per heavy atom. The quantitative estimate of drug-likeness (QED) is 0.401. The minimum atomic E-state index is -0.819. The fraction of sp³-hybridized carbons (Fsp3) is 0.120. The van der Waals surface area contributed by atoms with Gasteiger partial charge in [-0.15, -0.1) is 0 Å². The smallest absolute Gasteiger partial charge is 0.303 e. The maximum absolute atomic E-state index is 10.7. The summed E-state index contributed by atoms with van der Waals surface area (Å²) in [5, 5.41) is 13.7. The number of rotatable bonds is 8. The number of ether oxygens (including phenoxy) is 1. The molecule has 1 N–H and O–H groups in total. The second-order valence-corrected chi connectivity index (χ2v) is 6.87. The zero-order chi connectivity index (χ0) is 20.8. The number of nitrogens with zero attached hydrogens (tertiary/aromatic N) is 2. The van der Waals surface area contributed by atoms with E-state index in [4.69, 9.17) is 14.9 Å². The summed E-state index contributed by atoms with van der Waals surface area (Å²) in [6.07, 6.45) is 0.542. The molecule has 0 spiro atoms. The number of aliphatic carboxylic acids is 1. The number of carboxylic acid groups (broad SMARTS) is 1. The van der Waals surface area contributed by atoms with Gasteiger partial charge in [-0.2, -0.15) is 5.10 Å². The van der Waals surface area contributed by atoms with Gasteiger partial charge in [0.15, 0.2) is 0 Å². The van der Waals surface area contributed by atoms with Crippen LogP contribution in [-0.2, 0) is 4.79 Å². The zero-order valence-electron chi connectivity index (χ0n) is 16.4. The van der Waals surface area contributed by atoms with Gasteiger partial charge in [-0.3, -0.25) is 4.79 Å². The van der Waals surface area contributed by atoms with Crippen LogP contribution < -0.4 is 4.74 Å². The average molecular weight is 398 g/mol. The van der Waals surface area contributed by atoms with E-state index in [0.717, 1.165) is 28.2 Å². The van der Waals surface area contributed by atoms with Crippen LogP contribution in [0.3, 0.4) is 0 Å². The Kier molecular flexibility index (Phi) is 5.90. The average Bonchev–Trinajstić information content (AvgIpc) is 3.23. The molecule has 1 heterocycles. The summed E-state index contributed by atoms with van der Waals surface area (Å²) in [6, 6.07) is 29.9. The number of carbonyl (C=O) groups is 1. The van der Waals surface area contributed by atoms with Crippen molar-refractivity contribution in [2.45, 2.75) is 12.8 Å². The van der Waals surface area contributed by atoms with E-state index in [1.165, 1.54) is 0 Å². The molecule has 0 aliphatic heterocycles. The SMILES string of the molecule is O=C(O)CCCOc1ccccc1-c1cc(-c2ccccc2)n(-c2ccccc2)n1. The number of carboxylic acids is 1. The first-order chi connectivity index (χ1) is 14.7. The highest BCUT2D eigenvalue weighted by molar-refractivity contribution is 5.74. The summed E-state index contributed by atoms with van der Waals surface area (Å²) in [7, 11) is 0. The van der Waals surface area contributed by atoms with Crippen molar-refractivity contribution in [3.05, 3.63) is 91.0 Å². The van der Waals surface area contributed by atoms with Gasteiger partial charge in [0.1, 0.15) is 5.75 Å². The van der Waals surface area contributed by atoms with E-state index in [0.29, 0.717) is 18.8 Å². The van der Waals surface area contributed by atoms with Crippen molar-refractivity contribution in [3.63, 3.8) is 0 Å². The summed E-state index contributed by atoms with van der Waals surface area (Å²) >= 11 is 0. The largest absolute Gasteiger partial charge is 0.493 e. The van der Waals surface area contributed by atoms with Crippen molar-refractivity contribution in [2.24, 2.45) is 0 Å². The molecule has 0 amide bonds. The van der Waals surface area contributed by atoms with Crippen molar-refractivity contribution in [3.8, 4) is 34.0 Å². The van der Waals surface area contributed by atoms with Gasteiger partial charge < -0.3 is 9.84 Å². The minimum absolute atomic E-state index is 0.0863. The van der Waals surface area contributed by atoms with Crippen molar-refractivity contribution in [1.29, 1.82) is 0 Å². The van der Waals surface area contributed by atoms with Crippen LogP contribution in [0, 0.1) is 0 Å². The third-order valence-electron chi connectivity index (χ3n) is 4.74. The molecule has 0 aliphatic carbocycles. The van der Waals surface area contributed by atoms with Crippen molar-refractivity contribution in [2.75, 3.05) is 6.61 Å². The molecule has 0 bridgehead atoms. The molecular formula is C25H22N2O3. The summed E-state index contributed by atoms with van der Waals surface area (Å²) in [5.41, 5.74) is 4.70. The van der Waals surface area contributed by atoms with Crippen LogP contribution in [0.1, 0.15) is 12.8 Å². The van der Waals surface area contributed by atoms with Crippen molar-refractivity contribution in [1.82, 2.24) is 9.78 Å². The summed E-state index contributed by atoms with van der Waals surface area (Å²) < 4.78 is 7.83. The molecule has 4 aromatic rings. The van der Waals surface area contributed by atoms with E-state index in [9.17, 15) is 4.79 Å². The van der Waals surface area contributed by atoms with E-state index < -0.39 is 5.97 Å². The second-order valence-electron chi connectivity index (χ2n) is 6.87. The Labute approximate surface area is 175 Å². The lowest BCUT2D eigenvalue weighted by atomic mass is 10.1. The first kappa shape index (κ1) is 19.5. The zero-order valence-corrected chi connectivity index (χ0v) is 16.4. The summed E-state index contributed by atoms with van der Waals surface area (Å²) in [5.74, 6) is -0.124. The maximum Gasteiger partial charge on any atom is 0.303 e. The van der Waals surface area contributed by atoms with Gasteiger partial charge in [-0.05, 0) is 36.8 Å². The molecule has 0 saturated heterocycles. The third-order valence-corrected chi connectivity index (χ3v) is 4.74. The molecule has 5 heteroatoms. The van der Waals surface area contributed by atoms with Gasteiger partial charge in [0.25, 0.3) is 0 Å². The first-order valence-electron chi connectivity index (χ1n) is 9.87. The Morgan fingerprint density at radius 3 is 2.30 bits per heavy atom. The fourth-order valence-corrected chi connectivity index (χ4v) is 3.30. The molecule has 1 aromatic heterocycles. The molecule has 5 nitrogen and oxygen atoms in total. The van der Waals surface area contributed by atoms with Gasteiger partial charge in [0.2, 0.25) is 0 Å². The maximum atomic E-state index is 10.7. The van der Waals surface area contributed by atoms with Crippen LogP contribution >= 0.6 is 0 Å². The van der Waals surface area contributed by atoms with Gasteiger partial charge >= 0.3 is 5.97 Å². The van der Waals surface area contributed by atoms with Crippen LogP contribution in [0.2, 0.25) is 0 Å². The second kappa shape index (κ2) is 9.09. The van der Waals surface area contributed by atoms with Crippen molar-refractivity contribution < 1.29 is 14.6 Å². The topological polar surface area (TPSA) is 64.3 Å². The van der Waals surface area contributed by atoms with Crippen LogP contribution in [0.15, 0.2) is 91.0 Å². The fourth-order valence-electron chi connectivity index (χ4n) is 3.30. The lowest BCUT2D eigenvalue weighted by molar-refractivity contribution is -0.137. The predicted octanol–water partition coefficient (Wildman–Crippen LogP) is 5.45. The van der Waals surface area contributed by atoms with E-state index in [1.54, 1.807) is 0 Å². The molecule has 0 aliphatic rings. The monoisotopic (exact) mass is 398 g/mol. The van der Waals surface area contributed by atoms with Gasteiger partial charge in [0.05, 0.1) is 23.7 Å². The highest BCUT2D eigenvalue weighted by Gasteiger charge is 2.15. The standard InChI is InChI=1S/C25H22N2O3/c28-25(29)16-9-17-30-24-15-8-7-14-21(24)22-18-23(19-10-3-1-4-11-19)27(26-22)20-12-5-2-6-13-20/h1-8,10-15,18H,9,16-17H2,(H,28,29). The molecule has 0 radical (unpaired) electrons. The highest BCUT2D eigenvalue weighted by Crippen LogP contribution is 2.33. The molecule has 3 aromatic carbocycles. The third kappa shape index (κ3) is 4.41. The predicted molar refractivity (Wildman–Crippen MR) is 117 cm³/mol. The molecule has 0 unspecified atom stereocenters.